The highest BCUT2D eigenvalue weighted by Crippen LogP contribution is 2.21. The predicted octanol–water partition coefficient (Wildman–Crippen LogP) is 1.31. The monoisotopic (exact) mass is 265 g/mol. The van der Waals surface area contributed by atoms with Gasteiger partial charge in [-0.15, -0.1) is 0 Å². The van der Waals surface area contributed by atoms with Crippen LogP contribution < -0.4 is 5.32 Å². The number of alkyl halides is 3. The third-order valence-electron chi connectivity index (χ3n) is 3.90. The lowest BCUT2D eigenvalue weighted by molar-refractivity contribution is -0.149. The van der Waals surface area contributed by atoms with Crippen molar-refractivity contribution in [3.63, 3.8) is 0 Å². The molecule has 2 saturated heterocycles. The maximum absolute atomic E-state index is 12.3. The number of hydrogen-bond donors (Lipinski definition) is 1. The van der Waals surface area contributed by atoms with Crippen molar-refractivity contribution in [2.75, 3.05) is 45.8 Å². The van der Waals surface area contributed by atoms with Gasteiger partial charge in [-0.3, -0.25) is 9.80 Å². The zero-order valence-electron chi connectivity index (χ0n) is 10.9. The normalized spacial score (nSPS) is 32.0. The molecular formula is C12H22F3N3. The summed E-state index contributed by atoms with van der Waals surface area (Å²) < 4.78 is 36.8. The summed E-state index contributed by atoms with van der Waals surface area (Å²) in [5.74, 6) is 0. The van der Waals surface area contributed by atoms with E-state index in [1.165, 1.54) is 11.3 Å². The van der Waals surface area contributed by atoms with Crippen molar-refractivity contribution in [2.45, 2.75) is 31.5 Å². The van der Waals surface area contributed by atoms with Crippen LogP contribution in [0.1, 0.15) is 19.8 Å². The highest BCUT2D eigenvalue weighted by atomic mass is 19.4. The zero-order valence-corrected chi connectivity index (χ0v) is 10.9. The minimum absolute atomic E-state index is 0.159. The van der Waals surface area contributed by atoms with Crippen LogP contribution in [0.5, 0.6) is 0 Å². The van der Waals surface area contributed by atoms with Gasteiger partial charge in [-0.2, -0.15) is 13.2 Å². The lowest BCUT2D eigenvalue weighted by atomic mass is 9.99. The van der Waals surface area contributed by atoms with Crippen LogP contribution in [0, 0.1) is 0 Å². The molecule has 0 aromatic rings. The van der Waals surface area contributed by atoms with Gasteiger partial charge in [-0.05, 0) is 26.3 Å². The first kappa shape index (κ1) is 14.1. The standard InChI is InChI=1S/C12H22F3N3/c1-11(3-2-4-16-11)9-17-5-7-18(8-6-17)10-12(13,14)15/h16H,2-10H2,1H3. The van der Waals surface area contributed by atoms with Gasteiger partial charge in [-0.25, -0.2) is 0 Å². The third kappa shape index (κ3) is 4.10. The van der Waals surface area contributed by atoms with Gasteiger partial charge >= 0.3 is 6.18 Å². The molecule has 1 atom stereocenters. The Morgan fingerprint density at radius 3 is 2.22 bits per heavy atom. The van der Waals surface area contributed by atoms with E-state index in [2.05, 4.69) is 17.1 Å². The van der Waals surface area contributed by atoms with Crippen molar-refractivity contribution in [3.8, 4) is 0 Å². The van der Waals surface area contributed by atoms with Gasteiger partial charge in [0.25, 0.3) is 0 Å². The van der Waals surface area contributed by atoms with Crippen LogP contribution in [0.4, 0.5) is 13.2 Å². The zero-order chi connectivity index (χ0) is 13.2. The van der Waals surface area contributed by atoms with Crippen molar-refractivity contribution in [3.05, 3.63) is 0 Å². The van der Waals surface area contributed by atoms with Crippen molar-refractivity contribution in [2.24, 2.45) is 0 Å². The summed E-state index contributed by atoms with van der Waals surface area (Å²) in [5.41, 5.74) is 0.159. The predicted molar refractivity (Wildman–Crippen MR) is 64.6 cm³/mol. The van der Waals surface area contributed by atoms with E-state index < -0.39 is 12.7 Å². The fourth-order valence-electron chi connectivity index (χ4n) is 2.94. The Morgan fingerprint density at radius 2 is 1.72 bits per heavy atom. The summed E-state index contributed by atoms with van der Waals surface area (Å²) in [6.07, 6.45) is -1.71. The number of rotatable bonds is 3. The molecular weight excluding hydrogens is 243 g/mol. The molecule has 2 heterocycles. The highest BCUT2D eigenvalue weighted by molar-refractivity contribution is 4.92. The first-order valence-electron chi connectivity index (χ1n) is 6.63. The second-order valence-electron chi connectivity index (χ2n) is 5.76. The largest absolute Gasteiger partial charge is 0.401 e. The van der Waals surface area contributed by atoms with E-state index in [4.69, 9.17) is 0 Å². The van der Waals surface area contributed by atoms with Gasteiger partial charge in [0.15, 0.2) is 0 Å². The maximum Gasteiger partial charge on any atom is 0.401 e. The van der Waals surface area contributed by atoms with Crippen molar-refractivity contribution in [1.82, 2.24) is 15.1 Å². The topological polar surface area (TPSA) is 18.5 Å². The molecule has 106 valence electrons. The Balaban J connectivity index is 1.73. The first-order valence-corrected chi connectivity index (χ1v) is 6.63. The molecule has 3 nitrogen and oxygen atoms in total. The molecule has 0 spiro atoms. The van der Waals surface area contributed by atoms with E-state index >= 15 is 0 Å². The van der Waals surface area contributed by atoms with Crippen LogP contribution in [0.2, 0.25) is 0 Å². The number of halogens is 3. The summed E-state index contributed by atoms with van der Waals surface area (Å²) in [4.78, 5) is 3.78. The van der Waals surface area contributed by atoms with E-state index in [0.29, 0.717) is 13.1 Å². The molecule has 18 heavy (non-hydrogen) atoms. The van der Waals surface area contributed by atoms with Crippen molar-refractivity contribution < 1.29 is 13.2 Å². The smallest absolute Gasteiger partial charge is 0.310 e. The maximum atomic E-state index is 12.3. The van der Waals surface area contributed by atoms with Crippen LogP contribution in [0.3, 0.4) is 0 Å². The van der Waals surface area contributed by atoms with E-state index in [1.807, 2.05) is 0 Å². The third-order valence-corrected chi connectivity index (χ3v) is 3.90. The van der Waals surface area contributed by atoms with Gasteiger partial charge in [0.05, 0.1) is 6.54 Å². The SMILES string of the molecule is CC1(CN2CCN(CC(F)(F)F)CC2)CCCN1. The molecule has 2 aliphatic rings. The Hall–Kier alpha value is -0.330. The summed E-state index contributed by atoms with van der Waals surface area (Å²) >= 11 is 0. The Labute approximate surface area is 106 Å². The molecule has 0 aromatic heterocycles. The fraction of sp³-hybridized carbons (Fsp3) is 1.00. The van der Waals surface area contributed by atoms with E-state index in [1.54, 1.807) is 0 Å². The number of nitrogens with zero attached hydrogens (tertiary/aromatic N) is 2. The fourth-order valence-corrected chi connectivity index (χ4v) is 2.94. The summed E-state index contributed by atoms with van der Waals surface area (Å²) in [5, 5.41) is 3.49. The van der Waals surface area contributed by atoms with Crippen molar-refractivity contribution in [1.29, 1.82) is 0 Å². The van der Waals surface area contributed by atoms with E-state index in [0.717, 1.165) is 32.6 Å². The van der Waals surface area contributed by atoms with Gasteiger partial charge in [0.1, 0.15) is 0 Å². The van der Waals surface area contributed by atoms with Crippen LogP contribution >= 0.6 is 0 Å². The molecule has 0 radical (unpaired) electrons. The molecule has 0 bridgehead atoms. The molecule has 1 unspecified atom stereocenters. The Morgan fingerprint density at radius 1 is 1.11 bits per heavy atom. The minimum Gasteiger partial charge on any atom is -0.310 e. The van der Waals surface area contributed by atoms with Crippen LogP contribution in [0.15, 0.2) is 0 Å². The number of nitrogens with one attached hydrogen (secondary N) is 1. The molecule has 2 rings (SSSR count). The summed E-state index contributed by atoms with van der Waals surface area (Å²) in [7, 11) is 0. The average Bonchev–Trinajstić information content (AvgIpc) is 2.66. The van der Waals surface area contributed by atoms with Crippen LogP contribution in [0.25, 0.3) is 0 Å². The van der Waals surface area contributed by atoms with Crippen LogP contribution in [-0.2, 0) is 0 Å². The van der Waals surface area contributed by atoms with Crippen molar-refractivity contribution >= 4 is 0 Å². The number of hydrogen-bond acceptors (Lipinski definition) is 3. The molecule has 0 aliphatic carbocycles. The summed E-state index contributed by atoms with van der Waals surface area (Å²) in [6.45, 7) is 5.99. The second-order valence-corrected chi connectivity index (χ2v) is 5.76. The Bertz CT molecular complexity index is 266. The highest BCUT2D eigenvalue weighted by Gasteiger charge is 2.34. The molecule has 1 N–H and O–H groups in total. The Kier molecular flexibility index (Phi) is 4.18. The molecule has 2 aliphatic heterocycles. The molecule has 0 amide bonds. The first-order chi connectivity index (χ1) is 8.36. The molecule has 0 aromatic carbocycles. The average molecular weight is 265 g/mol. The summed E-state index contributed by atoms with van der Waals surface area (Å²) in [6, 6.07) is 0. The van der Waals surface area contributed by atoms with Crippen LogP contribution in [-0.4, -0.2) is 67.3 Å². The lowest BCUT2D eigenvalue weighted by Crippen LogP contribution is -2.54. The number of piperazine rings is 1. The van der Waals surface area contributed by atoms with E-state index in [-0.39, 0.29) is 5.54 Å². The van der Waals surface area contributed by atoms with Gasteiger partial charge in [0.2, 0.25) is 0 Å². The molecule has 2 fully saturated rings. The minimum atomic E-state index is -4.07. The van der Waals surface area contributed by atoms with Gasteiger partial charge in [-0.1, -0.05) is 0 Å². The van der Waals surface area contributed by atoms with Gasteiger partial charge in [0, 0.05) is 38.3 Å². The van der Waals surface area contributed by atoms with Gasteiger partial charge < -0.3 is 5.32 Å². The molecule has 6 heteroatoms. The quantitative estimate of drug-likeness (QED) is 0.830. The lowest BCUT2D eigenvalue weighted by Gasteiger charge is -2.39. The second kappa shape index (κ2) is 5.35. The van der Waals surface area contributed by atoms with E-state index in [9.17, 15) is 13.2 Å². The molecule has 0 saturated carbocycles.